The lowest BCUT2D eigenvalue weighted by Crippen LogP contribution is -2.68. The molecule has 2 heterocycles. The van der Waals surface area contributed by atoms with Gasteiger partial charge in [0.2, 0.25) is 23.6 Å². The van der Waals surface area contributed by atoms with E-state index in [-0.39, 0.29) is 31.7 Å². The largest absolute Gasteiger partial charge is 0.395 e. The molecule has 2 aromatic carbocycles. The number of rotatable bonds is 9. The van der Waals surface area contributed by atoms with Crippen LogP contribution in [0.15, 0.2) is 42.5 Å². The molecule has 0 spiro atoms. The Morgan fingerprint density at radius 2 is 1.55 bits per heavy atom. The number of nitrogens with zero attached hydrogens (tertiary/aromatic N) is 1. The van der Waals surface area contributed by atoms with Crippen LogP contribution in [0.1, 0.15) is 32.6 Å². The van der Waals surface area contributed by atoms with Gasteiger partial charge in [-0.05, 0) is 49.9 Å². The van der Waals surface area contributed by atoms with Crippen molar-refractivity contribution in [3.63, 3.8) is 0 Å². The smallest absolute Gasteiger partial charge is 0.239 e. The van der Waals surface area contributed by atoms with Gasteiger partial charge in [0.25, 0.3) is 0 Å². The summed E-state index contributed by atoms with van der Waals surface area (Å²) < 4.78 is 1.92. The molecular weight excluding hydrogens is 516 g/mol. The number of aliphatic hydroxyl groups is 3. The van der Waals surface area contributed by atoms with E-state index < -0.39 is 53.8 Å². The van der Waals surface area contributed by atoms with E-state index in [4.69, 9.17) is 0 Å². The third-order valence-electron chi connectivity index (χ3n) is 8.51. The monoisotopic (exact) mass is 550 g/mol. The maximum Gasteiger partial charge on any atom is 0.239 e. The maximum absolute atomic E-state index is 13.8. The van der Waals surface area contributed by atoms with Crippen molar-refractivity contribution >= 4 is 51.1 Å². The van der Waals surface area contributed by atoms with Gasteiger partial charge in [-0.25, -0.2) is 0 Å². The zero-order valence-corrected chi connectivity index (χ0v) is 22.3. The summed E-state index contributed by atoms with van der Waals surface area (Å²) in [6, 6.07) is 12.9. The van der Waals surface area contributed by atoms with E-state index in [1.807, 2.05) is 35.8 Å². The number of anilines is 1. The summed E-state index contributed by atoms with van der Waals surface area (Å²) >= 11 is 0. The van der Waals surface area contributed by atoms with Crippen molar-refractivity contribution < 1.29 is 34.5 Å². The quantitative estimate of drug-likeness (QED) is 0.216. The lowest BCUT2D eigenvalue weighted by molar-refractivity contribution is -0.177. The first-order chi connectivity index (χ1) is 19.2. The molecule has 6 N–H and O–H groups in total. The Morgan fingerprint density at radius 1 is 0.900 bits per heavy atom. The highest BCUT2D eigenvalue weighted by molar-refractivity contribution is 6.11. The Balaban J connectivity index is 1.50. The first-order valence-corrected chi connectivity index (χ1v) is 13.4. The Bertz CT molecular complexity index is 1480. The van der Waals surface area contributed by atoms with Crippen LogP contribution >= 0.6 is 0 Å². The summed E-state index contributed by atoms with van der Waals surface area (Å²) in [6.45, 7) is 0.738. The predicted molar refractivity (Wildman–Crippen MR) is 147 cm³/mol. The van der Waals surface area contributed by atoms with Crippen LogP contribution in [0.2, 0.25) is 0 Å². The highest BCUT2D eigenvalue weighted by Crippen LogP contribution is 2.57. The van der Waals surface area contributed by atoms with Crippen molar-refractivity contribution in [2.24, 2.45) is 16.2 Å². The average molecular weight is 551 g/mol. The molecular formula is C29H34N4O7. The van der Waals surface area contributed by atoms with Crippen molar-refractivity contribution in [2.75, 3.05) is 31.7 Å². The normalized spacial score (nSPS) is 26.1. The van der Waals surface area contributed by atoms with E-state index >= 15 is 0 Å². The second-order valence-electron chi connectivity index (χ2n) is 11.3. The molecule has 1 aliphatic carbocycles. The zero-order chi connectivity index (χ0) is 28.7. The van der Waals surface area contributed by atoms with Gasteiger partial charge in [-0.2, -0.15) is 0 Å². The van der Waals surface area contributed by atoms with Gasteiger partial charge in [-0.3, -0.25) is 24.5 Å². The second-order valence-corrected chi connectivity index (χ2v) is 11.3. The van der Waals surface area contributed by atoms with Gasteiger partial charge < -0.3 is 30.5 Å². The molecule has 2 aliphatic rings. The van der Waals surface area contributed by atoms with Crippen molar-refractivity contribution in [2.45, 2.75) is 39.2 Å². The molecule has 1 saturated heterocycles. The maximum atomic E-state index is 13.8. The molecule has 2 fully saturated rings. The van der Waals surface area contributed by atoms with Gasteiger partial charge >= 0.3 is 0 Å². The zero-order valence-electron chi connectivity index (χ0n) is 22.3. The fourth-order valence-electron chi connectivity index (χ4n) is 6.56. The van der Waals surface area contributed by atoms with Gasteiger partial charge in [0.1, 0.15) is 6.54 Å². The standard InChI is InChI=1S/C29H34N4O7/c1-2-9-30-23(37)11-33-21-6-4-3-5-19(21)20-10-18(7-8-22(20)33)31-24(38)27(15-34)12-28(16-35)14-29(13-27,17-36)26(40)32-25(28)39/h3-8,10,34-36H,2,9,11-17H2,1H3,(H,30,37)(H,31,38)(H,32,39,40)/t27?,28-,29+. The molecule has 1 saturated carbocycles. The molecule has 1 aliphatic heterocycles. The molecule has 1 aromatic heterocycles. The molecule has 11 heteroatoms. The second kappa shape index (κ2) is 10.3. The van der Waals surface area contributed by atoms with Gasteiger partial charge in [0.15, 0.2) is 0 Å². The minimum Gasteiger partial charge on any atom is -0.395 e. The minimum absolute atomic E-state index is 0.107. The third kappa shape index (κ3) is 4.34. The Labute approximate surface area is 230 Å². The number of amides is 4. The molecule has 1 unspecified atom stereocenters. The summed E-state index contributed by atoms with van der Waals surface area (Å²) in [5.74, 6) is -2.16. The number of aromatic nitrogens is 1. The molecule has 11 nitrogen and oxygen atoms in total. The number of carbonyl (C=O) groups is 4. The molecule has 3 aromatic rings. The molecule has 3 atom stereocenters. The van der Waals surface area contributed by atoms with Crippen LogP contribution in [0, 0.1) is 16.2 Å². The van der Waals surface area contributed by atoms with Crippen LogP contribution in [0.5, 0.6) is 0 Å². The molecule has 4 amide bonds. The van der Waals surface area contributed by atoms with Crippen LogP contribution in [-0.2, 0) is 25.7 Å². The first kappa shape index (κ1) is 27.8. The van der Waals surface area contributed by atoms with E-state index in [1.165, 1.54) is 0 Å². The predicted octanol–water partition coefficient (Wildman–Crippen LogP) is 1.04. The molecule has 212 valence electrons. The van der Waals surface area contributed by atoms with Crippen molar-refractivity contribution in [1.82, 2.24) is 15.2 Å². The van der Waals surface area contributed by atoms with Crippen LogP contribution in [0.25, 0.3) is 21.8 Å². The third-order valence-corrected chi connectivity index (χ3v) is 8.51. The number of hydrogen-bond acceptors (Lipinski definition) is 7. The highest BCUT2D eigenvalue weighted by atomic mass is 16.3. The van der Waals surface area contributed by atoms with Crippen molar-refractivity contribution in [3.05, 3.63) is 42.5 Å². The molecule has 2 bridgehead atoms. The number of aliphatic hydroxyl groups excluding tert-OH is 3. The molecule has 40 heavy (non-hydrogen) atoms. The van der Waals surface area contributed by atoms with Crippen molar-refractivity contribution in [1.29, 1.82) is 0 Å². The van der Waals surface area contributed by atoms with E-state index in [9.17, 15) is 34.5 Å². The van der Waals surface area contributed by atoms with Gasteiger partial charge in [0, 0.05) is 34.0 Å². The number of carbonyl (C=O) groups excluding carboxylic acids is 4. The van der Waals surface area contributed by atoms with Crippen LogP contribution < -0.4 is 16.0 Å². The number of benzene rings is 2. The summed E-state index contributed by atoms with van der Waals surface area (Å²) in [5.41, 5.74) is -2.51. The lowest BCUT2D eigenvalue weighted by Gasteiger charge is -2.54. The van der Waals surface area contributed by atoms with Crippen LogP contribution in [-0.4, -0.2) is 69.9 Å². The number of fused-ring (bicyclic) bond motifs is 5. The molecule has 0 radical (unpaired) electrons. The van der Waals surface area contributed by atoms with Crippen LogP contribution in [0.4, 0.5) is 5.69 Å². The lowest BCUT2D eigenvalue weighted by atomic mass is 9.50. The van der Waals surface area contributed by atoms with Gasteiger partial charge in [-0.15, -0.1) is 0 Å². The fourth-order valence-corrected chi connectivity index (χ4v) is 6.56. The summed E-state index contributed by atoms with van der Waals surface area (Å²) in [7, 11) is 0. The number of para-hydroxylation sites is 1. The minimum atomic E-state index is -1.60. The first-order valence-electron chi connectivity index (χ1n) is 13.4. The SMILES string of the molecule is CCCNC(=O)Cn1c2ccccc2c2cc(NC(=O)C3(CO)C[C@@]4(CO)C[C@@](CO)(C3)C(=O)NC4=O)ccc21. The van der Waals surface area contributed by atoms with Gasteiger partial charge in [0.05, 0.1) is 36.1 Å². The van der Waals surface area contributed by atoms with E-state index in [0.717, 1.165) is 28.2 Å². The molecule has 5 rings (SSSR count). The fraction of sp³-hybridized carbons (Fsp3) is 0.448. The van der Waals surface area contributed by atoms with Crippen molar-refractivity contribution in [3.8, 4) is 0 Å². The number of hydrogen-bond donors (Lipinski definition) is 6. The Hall–Kier alpha value is -3.80. The van der Waals surface area contributed by atoms with E-state index in [2.05, 4.69) is 16.0 Å². The number of nitrogens with one attached hydrogen (secondary N) is 3. The Morgan fingerprint density at radius 3 is 2.17 bits per heavy atom. The number of piperidine rings is 1. The summed E-state index contributed by atoms with van der Waals surface area (Å²) in [6.07, 6.45) is 0.348. The van der Waals surface area contributed by atoms with Gasteiger partial charge in [-0.1, -0.05) is 25.1 Å². The average Bonchev–Trinajstić information content (AvgIpc) is 3.27. The van der Waals surface area contributed by atoms with Crippen LogP contribution in [0.3, 0.4) is 0 Å². The summed E-state index contributed by atoms with van der Waals surface area (Å²) in [4.78, 5) is 51.9. The van der Waals surface area contributed by atoms with E-state index in [1.54, 1.807) is 18.2 Å². The number of imide groups is 1. The van der Waals surface area contributed by atoms with E-state index in [0.29, 0.717) is 12.2 Å². The Kier molecular flexibility index (Phi) is 7.15. The summed E-state index contributed by atoms with van der Waals surface area (Å²) in [5, 5.41) is 40.6. The highest BCUT2D eigenvalue weighted by Gasteiger charge is 2.65. The topological polar surface area (TPSA) is 170 Å².